The second-order valence-electron chi connectivity index (χ2n) is 5.50. The summed E-state index contributed by atoms with van der Waals surface area (Å²) in [6, 6.07) is 3.86. The van der Waals surface area contributed by atoms with E-state index in [1.807, 2.05) is 4.72 Å². The zero-order valence-corrected chi connectivity index (χ0v) is 14.6. The monoisotopic (exact) mass is 369 g/mol. The number of methoxy groups -OCH3 is 1. The average molecular weight is 369 g/mol. The van der Waals surface area contributed by atoms with Crippen molar-refractivity contribution in [3.05, 3.63) is 29.8 Å². The van der Waals surface area contributed by atoms with Gasteiger partial charge in [0.25, 0.3) is 10.0 Å². The topological polar surface area (TPSA) is 122 Å². The molecule has 1 aromatic carbocycles. The predicted octanol–water partition coefficient (Wildman–Crippen LogP) is -0.243. The van der Waals surface area contributed by atoms with Gasteiger partial charge in [0.15, 0.2) is 0 Å². The number of sulfonamides is 1. The van der Waals surface area contributed by atoms with Crippen molar-refractivity contribution in [2.75, 3.05) is 20.2 Å². The molecule has 2 N–H and O–H groups in total. The molecule has 1 aromatic rings. The molecule has 0 radical (unpaired) electrons. The summed E-state index contributed by atoms with van der Waals surface area (Å²) < 4.78 is 31.1. The van der Waals surface area contributed by atoms with Crippen LogP contribution in [0.4, 0.5) is 4.79 Å². The van der Waals surface area contributed by atoms with Crippen LogP contribution in [0.1, 0.15) is 12.0 Å². The largest absolute Gasteiger partial charge is 0.469 e. The van der Waals surface area contributed by atoms with Crippen LogP contribution in [0.5, 0.6) is 0 Å². The summed E-state index contributed by atoms with van der Waals surface area (Å²) in [7, 11) is -2.93. The van der Waals surface area contributed by atoms with E-state index >= 15 is 0 Å². The number of aryl methyl sites for hydroxylation is 1. The average Bonchev–Trinajstić information content (AvgIpc) is 2.56. The second-order valence-corrected chi connectivity index (χ2v) is 7.19. The normalized spacial score (nSPS) is 17.6. The van der Waals surface area contributed by atoms with E-state index in [9.17, 15) is 22.8 Å². The van der Waals surface area contributed by atoms with Crippen LogP contribution in [-0.4, -0.2) is 57.5 Å². The second kappa shape index (κ2) is 7.51. The highest BCUT2D eigenvalue weighted by Crippen LogP contribution is 2.13. The summed E-state index contributed by atoms with van der Waals surface area (Å²) in [6.45, 7) is 2.04. The number of rotatable bonds is 4. The number of piperazine rings is 1. The molecule has 25 heavy (non-hydrogen) atoms. The van der Waals surface area contributed by atoms with Crippen molar-refractivity contribution in [3.8, 4) is 0 Å². The molecule has 10 heteroatoms. The molecule has 0 aromatic heterocycles. The number of urea groups is 1. The maximum atomic E-state index is 12.4. The van der Waals surface area contributed by atoms with E-state index in [4.69, 9.17) is 0 Å². The Morgan fingerprint density at radius 1 is 1.32 bits per heavy atom. The molecule has 9 nitrogen and oxygen atoms in total. The van der Waals surface area contributed by atoms with Crippen molar-refractivity contribution in [3.63, 3.8) is 0 Å². The maximum Gasteiger partial charge on any atom is 0.332 e. The Balaban J connectivity index is 2.17. The minimum Gasteiger partial charge on any atom is -0.469 e. The molecule has 0 spiro atoms. The molecular formula is C15H19N3O6S. The maximum absolute atomic E-state index is 12.4. The third kappa shape index (κ3) is 4.47. The minimum atomic E-state index is -4.09. The Kier molecular flexibility index (Phi) is 5.62. The lowest BCUT2D eigenvalue weighted by Gasteiger charge is -2.34. The van der Waals surface area contributed by atoms with E-state index in [0.29, 0.717) is 0 Å². The Morgan fingerprint density at radius 2 is 1.96 bits per heavy atom. The van der Waals surface area contributed by atoms with E-state index < -0.39 is 34.0 Å². The number of nitrogens with zero attached hydrogens (tertiary/aromatic N) is 1. The molecule has 2 rings (SSSR count). The number of esters is 1. The van der Waals surface area contributed by atoms with E-state index in [1.165, 1.54) is 12.1 Å². The number of amides is 3. The highest BCUT2D eigenvalue weighted by molar-refractivity contribution is 7.90. The van der Waals surface area contributed by atoms with E-state index in [1.54, 1.807) is 19.1 Å². The lowest BCUT2D eigenvalue weighted by atomic mass is 10.1. The van der Waals surface area contributed by atoms with Gasteiger partial charge in [0.05, 0.1) is 18.4 Å². The van der Waals surface area contributed by atoms with Gasteiger partial charge >= 0.3 is 12.0 Å². The Labute approximate surface area is 145 Å². The van der Waals surface area contributed by atoms with Gasteiger partial charge in [0, 0.05) is 13.1 Å². The van der Waals surface area contributed by atoms with Gasteiger partial charge in [-0.15, -0.1) is 0 Å². The molecule has 0 saturated carbocycles. The highest BCUT2D eigenvalue weighted by Gasteiger charge is 2.36. The molecule has 0 bridgehead atoms. The first kappa shape index (κ1) is 18.7. The zero-order valence-electron chi connectivity index (χ0n) is 13.8. The van der Waals surface area contributed by atoms with Crippen LogP contribution in [-0.2, 0) is 24.3 Å². The zero-order chi connectivity index (χ0) is 18.6. The van der Waals surface area contributed by atoms with Gasteiger partial charge < -0.3 is 15.0 Å². The molecule has 1 atom stereocenters. The fraction of sp³-hybridized carbons (Fsp3) is 0.400. The van der Waals surface area contributed by atoms with Gasteiger partial charge in [-0.1, -0.05) is 17.7 Å². The number of nitrogens with one attached hydrogen (secondary N) is 2. The number of benzene rings is 1. The third-order valence-corrected chi connectivity index (χ3v) is 5.07. The molecule has 1 saturated heterocycles. The standard InChI is InChI=1S/C15H19N3O6S/c1-10-3-5-11(6-4-10)25(22,23)17-15(21)18-8-7-16-14(20)12(18)9-13(19)24-2/h3-6,12H,7-9H2,1-2H3,(H,16,20)(H,17,21). The van der Waals surface area contributed by atoms with Crippen LogP contribution in [0.3, 0.4) is 0 Å². The molecule has 1 aliphatic heterocycles. The lowest BCUT2D eigenvalue weighted by Crippen LogP contribution is -2.60. The molecule has 136 valence electrons. The van der Waals surface area contributed by atoms with Gasteiger partial charge in [0.2, 0.25) is 5.91 Å². The van der Waals surface area contributed by atoms with Crippen LogP contribution in [0.2, 0.25) is 0 Å². The van der Waals surface area contributed by atoms with Crippen molar-refractivity contribution < 1.29 is 27.5 Å². The summed E-state index contributed by atoms with van der Waals surface area (Å²) in [5, 5.41) is 2.53. The van der Waals surface area contributed by atoms with Gasteiger partial charge in [-0.2, -0.15) is 0 Å². The molecule has 3 amide bonds. The lowest BCUT2D eigenvalue weighted by molar-refractivity contribution is -0.145. The number of hydrogen-bond donors (Lipinski definition) is 2. The van der Waals surface area contributed by atoms with Crippen molar-refractivity contribution in [1.29, 1.82) is 0 Å². The van der Waals surface area contributed by atoms with Crippen molar-refractivity contribution in [2.24, 2.45) is 0 Å². The minimum absolute atomic E-state index is 0.0718. The number of carbonyl (C=O) groups excluding carboxylic acids is 3. The summed E-state index contributed by atoms with van der Waals surface area (Å²) in [5.74, 6) is -1.22. The van der Waals surface area contributed by atoms with Crippen LogP contribution >= 0.6 is 0 Å². The SMILES string of the molecule is COC(=O)CC1C(=O)NCCN1C(=O)NS(=O)(=O)c1ccc(C)cc1. The fourth-order valence-electron chi connectivity index (χ4n) is 2.35. The van der Waals surface area contributed by atoms with Gasteiger partial charge in [-0.3, -0.25) is 9.59 Å². The van der Waals surface area contributed by atoms with Gasteiger partial charge in [0.1, 0.15) is 6.04 Å². The summed E-state index contributed by atoms with van der Waals surface area (Å²) in [4.78, 5) is 36.7. The van der Waals surface area contributed by atoms with Crippen molar-refractivity contribution in [1.82, 2.24) is 14.9 Å². The molecule has 1 unspecified atom stereocenters. The van der Waals surface area contributed by atoms with Crippen molar-refractivity contribution in [2.45, 2.75) is 24.3 Å². The number of ether oxygens (including phenoxy) is 1. The summed E-state index contributed by atoms with van der Waals surface area (Å²) in [6.07, 6.45) is -0.361. The molecule has 1 aliphatic rings. The Bertz CT molecular complexity index is 775. The van der Waals surface area contributed by atoms with Gasteiger partial charge in [-0.05, 0) is 19.1 Å². The van der Waals surface area contributed by atoms with Gasteiger partial charge in [-0.25, -0.2) is 17.9 Å². The van der Waals surface area contributed by atoms with E-state index in [0.717, 1.165) is 17.6 Å². The predicted molar refractivity (Wildman–Crippen MR) is 87.0 cm³/mol. The first-order valence-corrected chi connectivity index (χ1v) is 8.97. The van der Waals surface area contributed by atoms with E-state index in [-0.39, 0.29) is 24.4 Å². The highest BCUT2D eigenvalue weighted by atomic mass is 32.2. The molecule has 1 heterocycles. The molecular weight excluding hydrogens is 350 g/mol. The van der Waals surface area contributed by atoms with Crippen LogP contribution < -0.4 is 10.0 Å². The smallest absolute Gasteiger partial charge is 0.332 e. The fourth-order valence-corrected chi connectivity index (χ4v) is 3.31. The Morgan fingerprint density at radius 3 is 2.56 bits per heavy atom. The number of carbonyl (C=O) groups is 3. The van der Waals surface area contributed by atoms with Crippen LogP contribution in [0, 0.1) is 6.92 Å². The first-order valence-electron chi connectivity index (χ1n) is 7.49. The van der Waals surface area contributed by atoms with Crippen LogP contribution in [0.25, 0.3) is 0 Å². The first-order chi connectivity index (χ1) is 11.7. The van der Waals surface area contributed by atoms with Crippen molar-refractivity contribution >= 4 is 27.9 Å². The quantitative estimate of drug-likeness (QED) is 0.706. The third-order valence-electron chi connectivity index (χ3n) is 3.73. The van der Waals surface area contributed by atoms with Crippen LogP contribution in [0.15, 0.2) is 29.2 Å². The summed E-state index contributed by atoms with van der Waals surface area (Å²) in [5.41, 5.74) is 0.871. The van der Waals surface area contributed by atoms with E-state index in [2.05, 4.69) is 10.1 Å². The summed E-state index contributed by atoms with van der Waals surface area (Å²) >= 11 is 0. The Hall–Kier alpha value is -2.62. The number of hydrogen-bond acceptors (Lipinski definition) is 6. The molecule has 0 aliphatic carbocycles. The molecule has 1 fully saturated rings.